The maximum atomic E-state index is 12.4. The zero-order valence-corrected chi connectivity index (χ0v) is 16.6. The van der Waals surface area contributed by atoms with Crippen LogP contribution in [-0.4, -0.2) is 78.2 Å². The SMILES string of the molecule is COCCNC(=O)[C@@H]1CCCN(C2CCN(c3ncnc4[nH]ccc34)CC2)C1. The summed E-state index contributed by atoms with van der Waals surface area (Å²) in [4.78, 5) is 29.3. The number of aromatic nitrogens is 3. The van der Waals surface area contributed by atoms with Gasteiger partial charge in [-0.2, -0.15) is 0 Å². The Balaban J connectivity index is 1.32. The maximum absolute atomic E-state index is 12.4. The molecule has 0 unspecified atom stereocenters. The summed E-state index contributed by atoms with van der Waals surface area (Å²) < 4.78 is 5.02. The van der Waals surface area contributed by atoms with Crippen molar-refractivity contribution in [3.8, 4) is 0 Å². The van der Waals surface area contributed by atoms with Crippen LogP contribution in [0.5, 0.6) is 0 Å². The van der Waals surface area contributed by atoms with E-state index in [1.54, 1.807) is 13.4 Å². The lowest BCUT2D eigenvalue weighted by atomic mass is 9.93. The number of amides is 1. The van der Waals surface area contributed by atoms with Crippen LogP contribution in [0, 0.1) is 5.92 Å². The van der Waals surface area contributed by atoms with Crippen molar-refractivity contribution < 1.29 is 9.53 Å². The van der Waals surface area contributed by atoms with Crippen molar-refractivity contribution >= 4 is 22.8 Å². The first-order valence-electron chi connectivity index (χ1n) is 10.3. The van der Waals surface area contributed by atoms with E-state index in [0.717, 1.165) is 68.7 Å². The van der Waals surface area contributed by atoms with Gasteiger partial charge >= 0.3 is 0 Å². The number of fused-ring (bicyclic) bond motifs is 1. The van der Waals surface area contributed by atoms with Crippen LogP contribution in [0.2, 0.25) is 0 Å². The van der Waals surface area contributed by atoms with Gasteiger partial charge in [0.15, 0.2) is 0 Å². The first-order chi connectivity index (χ1) is 13.8. The fraction of sp³-hybridized carbons (Fsp3) is 0.650. The monoisotopic (exact) mass is 386 g/mol. The fourth-order valence-corrected chi connectivity index (χ4v) is 4.53. The van der Waals surface area contributed by atoms with Crippen LogP contribution < -0.4 is 10.2 Å². The molecule has 1 atom stereocenters. The van der Waals surface area contributed by atoms with Crippen LogP contribution in [0.4, 0.5) is 5.82 Å². The molecule has 0 spiro atoms. The van der Waals surface area contributed by atoms with Gasteiger partial charge in [-0.25, -0.2) is 9.97 Å². The van der Waals surface area contributed by atoms with E-state index in [-0.39, 0.29) is 11.8 Å². The molecule has 2 saturated heterocycles. The molecular weight excluding hydrogens is 356 g/mol. The molecule has 2 aromatic heterocycles. The predicted molar refractivity (Wildman–Crippen MR) is 108 cm³/mol. The summed E-state index contributed by atoms with van der Waals surface area (Å²) in [6.07, 6.45) is 7.85. The van der Waals surface area contributed by atoms with Gasteiger partial charge in [0.25, 0.3) is 0 Å². The van der Waals surface area contributed by atoms with E-state index in [2.05, 4.69) is 30.1 Å². The number of nitrogens with zero attached hydrogens (tertiary/aromatic N) is 4. The number of methoxy groups -OCH3 is 1. The third-order valence-corrected chi connectivity index (χ3v) is 6.04. The highest BCUT2D eigenvalue weighted by atomic mass is 16.5. The van der Waals surface area contributed by atoms with E-state index < -0.39 is 0 Å². The molecule has 2 aromatic rings. The number of rotatable bonds is 6. The minimum absolute atomic E-state index is 0.102. The Kier molecular flexibility index (Phi) is 6.07. The van der Waals surface area contributed by atoms with Gasteiger partial charge in [-0.05, 0) is 38.3 Å². The van der Waals surface area contributed by atoms with Gasteiger partial charge < -0.3 is 19.9 Å². The van der Waals surface area contributed by atoms with Crippen molar-refractivity contribution in [3.63, 3.8) is 0 Å². The van der Waals surface area contributed by atoms with E-state index in [1.165, 1.54) is 0 Å². The molecule has 2 aliphatic heterocycles. The summed E-state index contributed by atoms with van der Waals surface area (Å²) in [5, 5.41) is 4.09. The van der Waals surface area contributed by atoms with Gasteiger partial charge in [0.1, 0.15) is 17.8 Å². The van der Waals surface area contributed by atoms with E-state index in [4.69, 9.17) is 4.74 Å². The zero-order chi connectivity index (χ0) is 19.3. The minimum Gasteiger partial charge on any atom is -0.383 e. The summed E-state index contributed by atoms with van der Waals surface area (Å²) >= 11 is 0. The second-order valence-corrected chi connectivity index (χ2v) is 7.77. The highest BCUT2D eigenvalue weighted by Crippen LogP contribution is 2.28. The van der Waals surface area contributed by atoms with Crippen LogP contribution in [0.1, 0.15) is 25.7 Å². The number of anilines is 1. The molecule has 1 amide bonds. The standard InChI is InChI=1S/C20H30N6O2/c1-28-12-8-22-20(27)15-3-2-9-26(13-15)16-5-10-25(11-6-16)19-17-4-7-21-18(17)23-14-24-19/h4,7,14-16H,2-3,5-6,8-13H2,1H3,(H,22,27)(H,21,23,24)/t15-/m1/s1. The Morgan fingerprint density at radius 3 is 2.96 bits per heavy atom. The molecule has 152 valence electrons. The molecule has 28 heavy (non-hydrogen) atoms. The van der Waals surface area contributed by atoms with E-state index in [0.29, 0.717) is 19.2 Å². The Labute approximate surface area is 165 Å². The Morgan fingerprint density at radius 2 is 2.14 bits per heavy atom. The molecule has 4 rings (SSSR count). The lowest BCUT2D eigenvalue weighted by Gasteiger charge is -2.42. The normalized spacial score (nSPS) is 21.9. The molecule has 8 nitrogen and oxygen atoms in total. The van der Waals surface area contributed by atoms with Crippen molar-refractivity contribution in [1.82, 2.24) is 25.2 Å². The van der Waals surface area contributed by atoms with E-state index in [1.807, 2.05) is 12.3 Å². The van der Waals surface area contributed by atoms with Crippen LogP contribution in [0.25, 0.3) is 11.0 Å². The number of carbonyl (C=O) groups is 1. The summed E-state index contributed by atoms with van der Waals surface area (Å²) in [6.45, 7) is 5.11. The molecule has 2 fully saturated rings. The minimum atomic E-state index is 0.102. The van der Waals surface area contributed by atoms with Gasteiger partial charge in [0.05, 0.1) is 17.9 Å². The third-order valence-electron chi connectivity index (χ3n) is 6.04. The number of likely N-dealkylation sites (tertiary alicyclic amines) is 1. The maximum Gasteiger partial charge on any atom is 0.224 e. The van der Waals surface area contributed by atoms with Crippen LogP contribution >= 0.6 is 0 Å². The Bertz CT molecular complexity index is 786. The van der Waals surface area contributed by atoms with Crippen molar-refractivity contribution in [2.45, 2.75) is 31.7 Å². The predicted octanol–water partition coefficient (Wildman–Crippen LogP) is 1.40. The summed E-state index contributed by atoms with van der Waals surface area (Å²) in [7, 11) is 1.66. The van der Waals surface area contributed by atoms with Crippen molar-refractivity contribution in [2.75, 3.05) is 51.3 Å². The number of hydrogen-bond donors (Lipinski definition) is 2. The number of aromatic amines is 1. The molecule has 0 bridgehead atoms. The molecule has 8 heteroatoms. The van der Waals surface area contributed by atoms with Crippen LogP contribution in [0.3, 0.4) is 0 Å². The number of nitrogens with one attached hydrogen (secondary N) is 2. The number of piperidine rings is 2. The quantitative estimate of drug-likeness (QED) is 0.730. The van der Waals surface area contributed by atoms with Crippen molar-refractivity contribution in [3.05, 3.63) is 18.6 Å². The first-order valence-corrected chi connectivity index (χ1v) is 10.3. The van der Waals surface area contributed by atoms with Gasteiger partial charge in [-0.3, -0.25) is 9.69 Å². The van der Waals surface area contributed by atoms with Gasteiger partial charge in [0.2, 0.25) is 5.91 Å². The average Bonchev–Trinajstić information content (AvgIpc) is 3.23. The number of H-pyrrole nitrogens is 1. The van der Waals surface area contributed by atoms with Gasteiger partial charge in [-0.1, -0.05) is 0 Å². The molecule has 0 saturated carbocycles. The van der Waals surface area contributed by atoms with Crippen LogP contribution in [-0.2, 0) is 9.53 Å². The number of carbonyl (C=O) groups excluding carboxylic acids is 1. The number of ether oxygens (including phenoxy) is 1. The molecule has 4 heterocycles. The summed E-state index contributed by atoms with van der Waals surface area (Å²) in [5.74, 6) is 1.30. The average molecular weight is 387 g/mol. The molecule has 0 radical (unpaired) electrons. The lowest BCUT2D eigenvalue weighted by Crippen LogP contribution is -2.51. The second-order valence-electron chi connectivity index (χ2n) is 7.77. The zero-order valence-electron chi connectivity index (χ0n) is 16.6. The van der Waals surface area contributed by atoms with Crippen molar-refractivity contribution in [2.24, 2.45) is 5.92 Å². The number of hydrogen-bond acceptors (Lipinski definition) is 6. The van der Waals surface area contributed by atoms with Crippen LogP contribution in [0.15, 0.2) is 18.6 Å². The van der Waals surface area contributed by atoms with Gasteiger partial charge in [-0.15, -0.1) is 0 Å². The van der Waals surface area contributed by atoms with E-state index in [9.17, 15) is 4.79 Å². The van der Waals surface area contributed by atoms with Gasteiger partial charge in [0, 0.05) is 45.5 Å². The van der Waals surface area contributed by atoms with Crippen molar-refractivity contribution in [1.29, 1.82) is 0 Å². The summed E-state index contributed by atoms with van der Waals surface area (Å²) in [5.41, 5.74) is 0.894. The molecule has 2 aliphatic rings. The Hall–Kier alpha value is -2.19. The Morgan fingerprint density at radius 1 is 1.29 bits per heavy atom. The molecular formula is C20H30N6O2. The first kappa shape index (κ1) is 19.1. The molecule has 0 aromatic carbocycles. The highest BCUT2D eigenvalue weighted by Gasteiger charge is 2.32. The fourth-order valence-electron chi connectivity index (χ4n) is 4.53. The largest absolute Gasteiger partial charge is 0.383 e. The lowest BCUT2D eigenvalue weighted by molar-refractivity contribution is -0.127. The smallest absolute Gasteiger partial charge is 0.224 e. The van der Waals surface area contributed by atoms with E-state index >= 15 is 0 Å². The third kappa shape index (κ3) is 4.12. The second kappa shape index (κ2) is 8.87. The molecule has 0 aliphatic carbocycles. The molecule has 2 N–H and O–H groups in total. The topological polar surface area (TPSA) is 86.4 Å². The highest BCUT2D eigenvalue weighted by molar-refractivity contribution is 5.87. The summed E-state index contributed by atoms with van der Waals surface area (Å²) in [6, 6.07) is 2.60.